The van der Waals surface area contributed by atoms with Crippen molar-refractivity contribution in [2.24, 2.45) is 0 Å². The van der Waals surface area contributed by atoms with Crippen molar-refractivity contribution in [2.45, 2.75) is 18.0 Å². The fourth-order valence-electron chi connectivity index (χ4n) is 4.41. The van der Waals surface area contributed by atoms with Crippen LogP contribution in [-0.4, -0.2) is 36.1 Å². The van der Waals surface area contributed by atoms with E-state index in [1.165, 1.54) is 16.7 Å². The van der Waals surface area contributed by atoms with Gasteiger partial charge in [-0.3, -0.25) is 0 Å². The number of carbonyl (C=O) groups excluding carboxylic acids is 1. The molecule has 1 unspecified atom stereocenters. The van der Waals surface area contributed by atoms with E-state index in [1.54, 1.807) is 0 Å². The van der Waals surface area contributed by atoms with Crippen LogP contribution in [0.4, 0.5) is 10.5 Å². The Morgan fingerprint density at radius 2 is 1.36 bits per heavy atom. The van der Waals surface area contributed by atoms with Gasteiger partial charge >= 0.3 is 6.03 Å². The minimum atomic E-state index is -0.0134. The molecule has 6 rings (SSSR count). The molecule has 0 radical (unpaired) electrons. The van der Waals surface area contributed by atoms with E-state index in [0.29, 0.717) is 18.0 Å². The van der Waals surface area contributed by atoms with Gasteiger partial charge in [-0.05, 0) is 28.8 Å². The number of urea groups is 1. The summed E-state index contributed by atoms with van der Waals surface area (Å²) in [7, 11) is 0. The number of hydrogen-bond donors (Lipinski definition) is 2. The molecule has 2 bridgehead atoms. The third-order valence-corrected chi connectivity index (χ3v) is 5.84. The number of anilines is 1. The predicted molar refractivity (Wildman–Crippen MR) is 112 cm³/mol. The van der Waals surface area contributed by atoms with Crippen molar-refractivity contribution < 1.29 is 4.79 Å². The number of carbonyl (C=O) groups is 1. The van der Waals surface area contributed by atoms with Gasteiger partial charge in [-0.25, -0.2) is 4.79 Å². The van der Waals surface area contributed by atoms with Gasteiger partial charge in [0.2, 0.25) is 0 Å². The fourth-order valence-corrected chi connectivity index (χ4v) is 4.41. The molecule has 3 atom stereocenters. The number of para-hydroxylation sites is 1. The Kier molecular flexibility index (Phi) is 4.34. The summed E-state index contributed by atoms with van der Waals surface area (Å²) in [6.07, 6.45) is 0. The van der Waals surface area contributed by atoms with Crippen LogP contribution in [0.1, 0.15) is 11.5 Å². The minimum Gasteiger partial charge on any atom is -0.321 e. The zero-order valence-electron chi connectivity index (χ0n) is 15.6. The van der Waals surface area contributed by atoms with Crippen LogP contribution in [0.25, 0.3) is 11.1 Å². The molecule has 3 aliphatic heterocycles. The molecule has 3 heterocycles. The number of piperidine rings is 1. The highest BCUT2D eigenvalue weighted by atomic mass is 16.2. The van der Waals surface area contributed by atoms with Crippen molar-refractivity contribution in [1.29, 1.82) is 0 Å². The average molecular weight is 369 g/mol. The standard InChI is InChI=1S/C24H23N3O/c28-24(25-20-9-5-2-6-10-20)27-15-21-23(22(16-27)26-21)19-13-11-18(12-14-19)17-7-3-1-4-8-17/h1-14,21-23,26H,15-16H2,(H,25,28)/t21-,22+,23?. The Morgan fingerprint density at radius 1 is 0.786 bits per heavy atom. The van der Waals surface area contributed by atoms with Crippen LogP contribution < -0.4 is 10.6 Å². The van der Waals surface area contributed by atoms with Gasteiger partial charge in [0.1, 0.15) is 0 Å². The lowest BCUT2D eigenvalue weighted by molar-refractivity contribution is 0.0759. The van der Waals surface area contributed by atoms with Crippen molar-refractivity contribution in [3.05, 3.63) is 90.5 Å². The van der Waals surface area contributed by atoms with Gasteiger partial charge in [0.25, 0.3) is 0 Å². The average Bonchev–Trinajstić information content (AvgIpc) is 2.76. The van der Waals surface area contributed by atoms with E-state index < -0.39 is 0 Å². The molecule has 0 saturated carbocycles. The first-order chi connectivity index (χ1) is 13.8. The SMILES string of the molecule is O=C(Nc1ccccc1)N1C[C@@H]2N[C@H](C1)C2c1ccc(-c2ccccc2)cc1. The molecule has 3 aromatic rings. The molecular weight excluding hydrogens is 346 g/mol. The largest absolute Gasteiger partial charge is 0.321 e. The molecule has 3 saturated heterocycles. The summed E-state index contributed by atoms with van der Waals surface area (Å²) >= 11 is 0. The van der Waals surface area contributed by atoms with Gasteiger partial charge < -0.3 is 15.5 Å². The van der Waals surface area contributed by atoms with Crippen LogP contribution in [0.2, 0.25) is 0 Å². The van der Waals surface area contributed by atoms with E-state index in [4.69, 9.17) is 0 Å². The Balaban J connectivity index is 1.24. The molecule has 4 nitrogen and oxygen atoms in total. The molecule has 2 amide bonds. The zero-order chi connectivity index (χ0) is 18.9. The fraction of sp³-hybridized carbons (Fsp3) is 0.208. The highest BCUT2D eigenvalue weighted by Gasteiger charge is 2.48. The first-order valence-electron chi connectivity index (χ1n) is 9.80. The molecule has 4 heteroatoms. The van der Waals surface area contributed by atoms with Gasteiger partial charge in [0.15, 0.2) is 0 Å². The summed E-state index contributed by atoms with van der Waals surface area (Å²) in [4.78, 5) is 14.5. The first-order valence-corrected chi connectivity index (χ1v) is 9.80. The maximum Gasteiger partial charge on any atom is 0.321 e. The topological polar surface area (TPSA) is 44.4 Å². The Morgan fingerprint density at radius 3 is 2.00 bits per heavy atom. The summed E-state index contributed by atoms with van der Waals surface area (Å²) in [5, 5.41) is 6.59. The van der Waals surface area contributed by atoms with Gasteiger partial charge in [-0.15, -0.1) is 0 Å². The van der Waals surface area contributed by atoms with Gasteiger partial charge in [0.05, 0.1) is 0 Å². The van der Waals surface area contributed by atoms with Crippen LogP contribution in [0.5, 0.6) is 0 Å². The third-order valence-electron chi connectivity index (χ3n) is 5.84. The molecule has 0 aromatic heterocycles. The van der Waals surface area contributed by atoms with Crippen molar-refractivity contribution >= 4 is 11.7 Å². The maximum atomic E-state index is 12.6. The summed E-state index contributed by atoms with van der Waals surface area (Å²) in [6.45, 7) is 1.47. The third kappa shape index (κ3) is 3.16. The van der Waals surface area contributed by atoms with E-state index in [-0.39, 0.29) is 6.03 Å². The van der Waals surface area contributed by atoms with Crippen LogP contribution in [-0.2, 0) is 0 Å². The Labute approximate surface area is 165 Å². The molecule has 0 spiro atoms. The van der Waals surface area contributed by atoms with Gasteiger partial charge in [-0.2, -0.15) is 0 Å². The second-order valence-electron chi connectivity index (χ2n) is 7.59. The summed E-state index contributed by atoms with van der Waals surface area (Å²) in [5.41, 5.74) is 4.68. The normalized spacial score (nSPS) is 23.0. The number of benzene rings is 3. The van der Waals surface area contributed by atoms with Crippen molar-refractivity contribution in [3.63, 3.8) is 0 Å². The van der Waals surface area contributed by atoms with Crippen LogP contribution in [0, 0.1) is 0 Å². The molecule has 0 aliphatic carbocycles. The first kappa shape index (κ1) is 17.0. The molecular formula is C24H23N3O. The number of rotatable bonds is 3. The molecule has 2 N–H and O–H groups in total. The van der Waals surface area contributed by atoms with E-state index in [0.717, 1.165) is 18.8 Å². The molecule has 3 fully saturated rings. The highest BCUT2D eigenvalue weighted by molar-refractivity contribution is 5.89. The lowest BCUT2D eigenvalue weighted by Crippen LogP contribution is -2.72. The lowest BCUT2D eigenvalue weighted by Gasteiger charge is -2.54. The number of fused-ring (bicyclic) bond motifs is 2. The molecule has 140 valence electrons. The number of nitrogens with zero attached hydrogens (tertiary/aromatic N) is 1. The number of amides is 2. The van der Waals surface area contributed by atoms with Gasteiger partial charge in [-0.1, -0.05) is 72.8 Å². The van der Waals surface area contributed by atoms with E-state index in [1.807, 2.05) is 41.3 Å². The van der Waals surface area contributed by atoms with E-state index in [9.17, 15) is 4.79 Å². The Bertz CT molecular complexity index is 944. The zero-order valence-corrected chi connectivity index (χ0v) is 15.6. The van der Waals surface area contributed by atoms with Crippen LogP contribution in [0.3, 0.4) is 0 Å². The molecule has 28 heavy (non-hydrogen) atoms. The number of nitrogens with one attached hydrogen (secondary N) is 2. The van der Waals surface area contributed by atoms with Crippen LogP contribution in [0.15, 0.2) is 84.9 Å². The summed E-state index contributed by atoms with van der Waals surface area (Å²) in [6, 6.07) is 29.6. The monoisotopic (exact) mass is 369 g/mol. The lowest BCUT2D eigenvalue weighted by atomic mass is 9.74. The van der Waals surface area contributed by atoms with Crippen molar-refractivity contribution in [3.8, 4) is 11.1 Å². The van der Waals surface area contributed by atoms with Crippen LogP contribution >= 0.6 is 0 Å². The molecule has 3 aliphatic rings. The quantitative estimate of drug-likeness (QED) is 0.722. The number of hydrogen-bond acceptors (Lipinski definition) is 2. The smallest absolute Gasteiger partial charge is 0.321 e. The summed E-state index contributed by atoms with van der Waals surface area (Å²) < 4.78 is 0. The van der Waals surface area contributed by atoms with E-state index in [2.05, 4.69) is 59.2 Å². The predicted octanol–water partition coefficient (Wildman–Crippen LogP) is 4.33. The van der Waals surface area contributed by atoms with E-state index >= 15 is 0 Å². The summed E-state index contributed by atoms with van der Waals surface area (Å²) in [5.74, 6) is 0.477. The van der Waals surface area contributed by atoms with Crippen molar-refractivity contribution in [1.82, 2.24) is 10.2 Å². The van der Waals surface area contributed by atoms with Gasteiger partial charge in [0, 0.05) is 36.8 Å². The second-order valence-corrected chi connectivity index (χ2v) is 7.59. The van der Waals surface area contributed by atoms with Crippen molar-refractivity contribution in [2.75, 3.05) is 18.4 Å². The maximum absolute atomic E-state index is 12.6. The second kappa shape index (κ2) is 7.13. The highest BCUT2D eigenvalue weighted by Crippen LogP contribution is 2.37. The Hall–Kier alpha value is -3.11. The minimum absolute atomic E-state index is 0.0134. The number of piperazine rings is 1. The molecule has 3 aromatic carbocycles.